The van der Waals surface area contributed by atoms with E-state index in [0.717, 1.165) is 0 Å². The van der Waals surface area contributed by atoms with Crippen LogP contribution in [0.3, 0.4) is 0 Å². The number of aryl methyl sites for hydroxylation is 1. The number of anilines is 1. The molecule has 2 heterocycles. The van der Waals surface area contributed by atoms with Crippen molar-refractivity contribution in [1.29, 1.82) is 0 Å². The number of rotatable bonds is 4. The second kappa shape index (κ2) is 6.39. The van der Waals surface area contributed by atoms with Gasteiger partial charge in [0.1, 0.15) is 11.2 Å². The van der Waals surface area contributed by atoms with Crippen molar-refractivity contribution in [3.8, 4) is 0 Å². The van der Waals surface area contributed by atoms with E-state index in [0.29, 0.717) is 33.8 Å². The van der Waals surface area contributed by atoms with E-state index in [1.807, 2.05) is 0 Å². The Morgan fingerprint density at radius 3 is 2.41 bits per heavy atom. The maximum absolute atomic E-state index is 12.6. The predicted molar refractivity (Wildman–Crippen MR) is 98.7 cm³/mol. The normalized spacial score (nSPS) is 18.8. The highest BCUT2D eigenvalue weighted by Crippen LogP contribution is 2.27. The number of aromatic amines is 1. The summed E-state index contributed by atoms with van der Waals surface area (Å²) in [6.07, 6.45) is 0. The molecule has 2 aromatic rings. The van der Waals surface area contributed by atoms with Crippen LogP contribution in [0.5, 0.6) is 0 Å². The first-order valence-electron chi connectivity index (χ1n) is 8.39. The highest BCUT2D eigenvalue weighted by atomic mass is 16.2. The molecule has 1 aliphatic rings. The molecule has 0 saturated carbocycles. The number of urea groups is 1. The maximum Gasteiger partial charge on any atom is 0.322 e. The second-order valence-electron chi connectivity index (χ2n) is 6.75. The number of benzene rings is 1. The smallest absolute Gasteiger partial charge is 0.322 e. The quantitative estimate of drug-likeness (QED) is 0.488. The average molecular weight is 368 g/mol. The molecule has 1 atom stereocenters. The van der Waals surface area contributed by atoms with E-state index < -0.39 is 23.4 Å². The minimum atomic E-state index is -1.21. The van der Waals surface area contributed by atoms with E-state index in [-0.39, 0.29) is 5.78 Å². The maximum atomic E-state index is 12.6. The largest absolute Gasteiger partial charge is 0.354 e. The number of carbonyl (C=O) groups excluding carboxylic acids is 4. The zero-order valence-electron chi connectivity index (χ0n) is 15.4. The van der Waals surface area contributed by atoms with Gasteiger partial charge in [0.15, 0.2) is 5.78 Å². The number of ketones is 1. The van der Waals surface area contributed by atoms with E-state index in [2.05, 4.69) is 20.9 Å². The van der Waals surface area contributed by atoms with Crippen molar-refractivity contribution in [2.45, 2.75) is 33.2 Å². The Kier molecular flexibility index (Phi) is 4.35. The Balaban J connectivity index is 1.88. The standard InChI is InChI=1S/C19H20N4O4/c1-9-14(11(3)24)10(2)20-15(9)16(25)21-13-7-5-6-12(8-13)19(4)17(26)22-18(27)23-19/h5-8,20H,1-4H3,(H,21,25)(H2,22,23,26,27). The lowest BCUT2D eigenvalue weighted by Crippen LogP contribution is -2.40. The summed E-state index contributed by atoms with van der Waals surface area (Å²) in [5, 5.41) is 7.55. The van der Waals surface area contributed by atoms with Gasteiger partial charge in [-0.05, 0) is 51.0 Å². The summed E-state index contributed by atoms with van der Waals surface area (Å²) in [6, 6.07) is 6.11. The Bertz CT molecular complexity index is 992. The van der Waals surface area contributed by atoms with Crippen LogP contribution < -0.4 is 16.0 Å². The predicted octanol–water partition coefficient (Wildman–Crippen LogP) is 2.14. The van der Waals surface area contributed by atoms with Crippen LogP contribution in [-0.2, 0) is 10.3 Å². The third-order valence-corrected chi connectivity index (χ3v) is 4.76. The third-order valence-electron chi connectivity index (χ3n) is 4.76. The van der Waals surface area contributed by atoms with Gasteiger partial charge in [-0.15, -0.1) is 0 Å². The Morgan fingerprint density at radius 2 is 1.85 bits per heavy atom. The van der Waals surface area contributed by atoms with Crippen LogP contribution in [0, 0.1) is 13.8 Å². The number of aromatic nitrogens is 1. The Morgan fingerprint density at radius 1 is 1.15 bits per heavy atom. The Hall–Kier alpha value is -3.42. The van der Waals surface area contributed by atoms with Gasteiger partial charge in [0.2, 0.25) is 0 Å². The van der Waals surface area contributed by atoms with E-state index in [4.69, 9.17) is 0 Å². The summed E-state index contributed by atoms with van der Waals surface area (Å²) < 4.78 is 0. The molecule has 4 N–H and O–H groups in total. The van der Waals surface area contributed by atoms with Gasteiger partial charge in [-0.25, -0.2) is 4.79 Å². The van der Waals surface area contributed by atoms with Gasteiger partial charge in [0.05, 0.1) is 0 Å². The van der Waals surface area contributed by atoms with E-state index >= 15 is 0 Å². The van der Waals surface area contributed by atoms with E-state index in [1.54, 1.807) is 45.0 Å². The minimum absolute atomic E-state index is 0.113. The molecule has 1 unspecified atom stereocenters. The van der Waals surface area contributed by atoms with Crippen LogP contribution in [0.4, 0.5) is 10.5 Å². The fourth-order valence-corrected chi connectivity index (χ4v) is 3.35. The summed E-state index contributed by atoms with van der Waals surface area (Å²) in [6.45, 7) is 6.50. The highest BCUT2D eigenvalue weighted by molar-refractivity contribution is 6.09. The number of amides is 4. The first-order chi connectivity index (χ1) is 12.6. The van der Waals surface area contributed by atoms with Crippen molar-refractivity contribution < 1.29 is 19.2 Å². The lowest BCUT2D eigenvalue weighted by Gasteiger charge is -2.21. The molecule has 27 heavy (non-hydrogen) atoms. The molecular weight excluding hydrogens is 348 g/mol. The molecule has 1 aromatic carbocycles. The molecule has 1 fully saturated rings. The van der Waals surface area contributed by atoms with E-state index in [1.165, 1.54) is 6.92 Å². The van der Waals surface area contributed by atoms with Crippen molar-refractivity contribution in [1.82, 2.24) is 15.6 Å². The van der Waals surface area contributed by atoms with Gasteiger partial charge < -0.3 is 15.6 Å². The van der Waals surface area contributed by atoms with Crippen molar-refractivity contribution >= 4 is 29.3 Å². The van der Waals surface area contributed by atoms with Crippen molar-refractivity contribution in [2.24, 2.45) is 0 Å². The minimum Gasteiger partial charge on any atom is -0.354 e. The SMILES string of the molecule is CC(=O)c1c(C)[nH]c(C(=O)Nc2cccc(C3(C)NC(=O)NC3=O)c2)c1C. The third kappa shape index (κ3) is 3.10. The molecule has 4 amide bonds. The molecule has 8 heteroatoms. The second-order valence-corrected chi connectivity index (χ2v) is 6.75. The van der Waals surface area contributed by atoms with Crippen LogP contribution >= 0.6 is 0 Å². The first kappa shape index (κ1) is 18.4. The van der Waals surface area contributed by atoms with Gasteiger partial charge >= 0.3 is 6.03 Å². The lowest BCUT2D eigenvalue weighted by atomic mass is 9.92. The van der Waals surface area contributed by atoms with Crippen LogP contribution in [0.2, 0.25) is 0 Å². The number of nitrogens with one attached hydrogen (secondary N) is 4. The topological polar surface area (TPSA) is 120 Å². The van der Waals surface area contributed by atoms with Crippen molar-refractivity contribution in [2.75, 3.05) is 5.32 Å². The summed E-state index contributed by atoms with van der Waals surface area (Å²) in [5.41, 5.74) is 1.82. The van der Waals surface area contributed by atoms with Gasteiger partial charge in [-0.3, -0.25) is 19.7 Å². The van der Waals surface area contributed by atoms with Gasteiger partial charge in [0, 0.05) is 16.9 Å². The fourth-order valence-electron chi connectivity index (χ4n) is 3.35. The molecule has 140 valence electrons. The summed E-state index contributed by atoms with van der Waals surface area (Å²) in [7, 11) is 0. The molecule has 1 aromatic heterocycles. The average Bonchev–Trinajstić information content (AvgIpc) is 3.03. The zero-order chi connectivity index (χ0) is 19.9. The van der Waals surface area contributed by atoms with Crippen LogP contribution in [0.25, 0.3) is 0 Å². The molecule has 0 radical (unpaired) electrons. The molecule has 8 nitrogen and oxygen atoms in total. The number of carbonyl (C=O) groups is 4. The summed E-state index contributed by atoms with van der Waals surface area (Å²) in [5.74, 6) is -0.971. The monoisotopic (exact) mass is 368 g/mol. The number of imide groups is 1. The lowest BCUT2D eigenvalue weighted by molar-refractivity contribution is -0.123. The summed E-state index contributed by atoms with van der Waals surface area (Å²) in [4.78, 5) is 50.9. The molecule has 0 spiro atoms. The molecule has 0 bridgehead atoms. The number of hydrogen-bond acceptors (Lipinski definition) is 4. The number of hydrogen-bond donors (Lipinski definition) is 4. The molecular formula is C19H20N4O4. The summed E-state index contributed by atoms with van der Waals surface area (Å²) >= 11 is 0. The van der Waals surface area contributed by atoms with Gasteiger partial charge in [0.25, 0.3) is 11.8 Å². The van der Waals surface area contributed by atoms with Crippen LogP contribution in [-0.4, -0.2) is 28.6 Å². The zero-order valence-corrected chi connectivity index (χ0v) is 15.4. The van der Waals surface area contributed by atoms with E-state index in [9.17, 15) is 19.2 Å². The van der Waals surface area contributed by atoms with Gasteiger partial charge in [-0.1, -0.05) is 12.1 Å². The van der Waals surface area contributed by atoms with Crippen LogP contribution in [0.15, 0.2) is 24.3 Å². The van der Waals surface area contributed by atoms with Crippen molar-refractivity contribution in [3.63, 3.8) is 0 Å². The van der Waals surface area contributed by atoms with Crippen LogP contribution in [0.1, 0.15) is 51.5 Å². The first-order valence-corrected chi connectivity index (χ1v) is 8.39. The molecule has 1 saturated heterocycles. The molecule has 3 rings (SSSR count). The number of Topliss-reactive ketones (excluding diaryl/α,β-unsaturated/α-hetero) is 1. The highest BCUT2D eigenvalue weighted by Gasteiger charge is 2.43. The molecule has 0 aliphatic carbocycles. The molecule has 1 aliphatic heterocycles. The van der Waals surface area contributed by atoms with Gasteiger partial charge in [-0.2, -0.15) is 0 Å². The number of H-pyrrole nitrogens is 1. The Labute approximate surface area is 155 Å². The van der Waals surface area contributed by atoms with Crippen molar-refractivity contribution in [3.05, 3.63) is 52.3 Å². The fraction of sp³-hybridized carbons (Fsp3) is 0.263.